The van der Waals surface area contributed by atoms with Gasteiger partial charge in [0.05, 0.1) is 10.6 Å². The number of rotatable bonds is 6. The third-order valence-corrected chi connectivity index (χ3v) is 2.93. The Bertz CT molecular complexity index is 435. The van der Waals surface area contributed by atoms with Gasteiger partial charge in [0.2, 0.25) is 0 Å². The lowest BCUT2D eigenvalue weighted by Crippen LogP contribution is -2.30. The summed E-state index contributed by atoms with van der Waals surface area (Å²) in [4.78, 5) is 18.2. The number of halogens is 1. The summed E-state index contributed by atoms with van der Waals surface area (Å²) in [5, 5.41) is 3.55. The number of amides is 1. The molecule has 19 heavy (non-hydrogen) atoms. The molecule has 1 aromatic rings. The molecule has 0 bridgehead atoms. The van der Waals surface area contributed by atoms with E-state index in [0.29, 0.717) is 28.9 Å². The monoisotopic (exact) mass is 283 g/mol. The second-order valence-electron chi connectivity index (χ2n) is 5.06. The smallest absolute Gasteiger partial charge is 0.255 e. The Hall–Kier alpha value is -1.29. The van der Waals surface area contributed by atoms with Gasteiger partial charge < -0.3 is 10.2 Å². The van der Waals surface area contributed by atoms with E-state index in [1.165, 1.54) is 6.20 Å². The number of hydrogen-bond donors (Lipinski definition) is 1. The van der Waals surface area contributed by atoms with Crippen LogP contribution >= 0.6 is 11.6 Å². The fourth-order valence-electron chi connectivity index (χ4n) is 1.79. The first-order valence-corrected chi connectivity index (χ1v) is 6.98. The fourth-order valence-corrected chi connectivity index (χ4v) is 1.97. The lowest BCUT2D eigenvalue weighted by Gasteiger charge is -2.20. The first-order chi connectivity index (χ1) is 8.95. The van der Waals surface area contributed by atoms with Crippen molar-refractivity contribution in [2.24, 2.45) is 5.92 Å². The van der Waals surface area contributed by atoms with Crippen molar-refractivity contribution in [2.75, 3.05) is 25.5 Å². The number of hydrogen-bond acceptors (Lipinski definition) is 3. The number of carbonyl (C=O) groups excluding carboxylic acids is 1. The number of pyridine rings is 1. The van der Waals surface area contributed by atoms with E-state index in [9.17, 15) is 4.79 Å². The maximum atomic E-state index is 12.3. The van der Waals surface area contributed by atoms with Crippen LogP contribution in [0.25, 0.3) is 0 Å². The molecule has 0 aliphatic carbocycles. The molecule has 1 N–H and O–H groups in total. The zero-order valence-corrected chi connectivity index (χ0v) is 12.8. The molecule has 1 rings (SSSR count). The molecule has 1 amide bonds. The number of nitrogens with zero attached hydrogens (tertiary/aromatic N) is 2. The van der Waals surface area contributed by atoms with Gasteiger partial charge in [-0.05, 0) is 18.4 Å². The van der Waals surface area contributed by atoms with Crippen LogP contribution in [0.5, 0.6) is 0 Å². The Morgan fingerprint density at radius 1 is 1.53 bits per heavy atom. The van der Waals surface area contributed by atoms with Crippen molar-refractivity contribution in [3.63, 3.8) is 0 Å². The van der Waals surface area contributed by atoms with Crippen LogP contribution in [-0.4, -0.2) is 35.9 Å². The molecule has 1 aromatic heterocycles. The van der Waals surface area contributed by atoms with Crippen LogP contribution in [0.15, 0.2) is 12.3 Å². The molecule has 0 aromatic carbocycles. The van der Waals surface area contributed by atoms with Gasteiger partial charge >= 0.3 is 0 Å². The van der Waals surface area contributed by atoms with Gasteiger partial charge in [-0.15, -0.1) is 0 Å². The minimum Gasteiger partial charge on any atom is -0.370 e. The maximum absolute atomic E-state index is 12.3. The molecule has 0 saturated carbocycles. The molecule has 0 spiro atoms. The minimum atomic E-state index is -0.0688. The zero-order chi connectivity index (χ0) is 14.4. The summed E-state index contributed by atoms with van der Waals surface area (Å²) in [7, 11) is 1.79. The van der Waals surface area contributed by atoms with Gasteiger partial charge in [-0.25, -0.2) is 4.98 Å². The summed E-state index contributed by atoms with van der Waals surface area (Å²) >= 11 is 6.07. The van der Waals surface area contributed by atoms with E-state index in [1.807, 2.05) is 0 Å². The van der Waals surface area contributed by atoms with Gasteiger partial charge in [-0.3, -0.25) is 4.79 Å². The summed E-state index contributed by atoms with van der Waals surface area (Å²) in [6, 6.07) is 1.72. The van der Waals surface area contributed by atoms with Crippen LogP contribution in [0.3, 0.4) is 0 Å². The number of anilines is 1. The Morgan fingerprint density at radius 3 is 2.79 bits per heavy atom. The summed E-state index contributed by atoms with van der Waals surface area (Å²) < 4.78 is 0. The molecule has 106 valence electrons. The van der Waals surface area contributed by atoms with Crippen LogP contribution in [0.2, 0.25) is 5.02 Å². The molecule has 4 nitrogen and oxygen atoms in total. The highest BCUT2D eigenvalue weighted by molar-refractivity contribution is 6.33. The quantitative estimate of drug-likeness (QED) is 0.871. The molecule has 0 radical (unpaired) electrons. The van der Waals surface area contributed by atoms with Gasteiger partial charge in [-0.1, -0.05) is 32.4 Å². The molecule has 5 heteroatoms. The van der Waals surface area contributed by atoms with E-state index >= 15 is 0 Å². The first-order valence-electron chi connectivity index (χ1n) is 6.60. The summed E-state index contributed by atoms with van der Waals surface area (Å²) in [5.74, 6) is 1.04. The van der Waals surface area contributed by atoms with Crippen LogP contribution in [-0.2, 0) is 0 Å². The van der Waals surface area contributed by atoms with Crippen LogP contribution < -0.4 is 5.32 Å². The van der Waals surface area contributed by atoms with Crippen LogP contribution in [0.1, 0.15) is 37.6 Å². The topological polar surface area (TPSA) is 45.2 Å². The van der Waals surface area contributed by atoms with Crippen LogP contribution in [0.4, 0.5) is 5.82 Å². The normalized spacial score (nSPS) is 10.6. The highest BCUT2D eigenvalue weighted by Crippen LogP contribution is 2.20. The second kappa shape index (κ2) is 7.34. The third kappa shape index (κ3) is 4.71. The summed E-state index contributed by atoms with van der Waals surface area (Å²) in [6.07, 6.45) is 2.52. The van der Waals surface area contributed by atoms with E-state index in [-0.39, 0.29) is 5.91 Å². The molecule has 0 saturated heterocycles. The average Bonchev–Trinajstić information content (AvgIpc) is 2.36. The van der Waals surface area contributed by atoms with Crippen molar-refractivity contribution in [3.8, 4) is 0 Å². The zero-order valence-electron chi connectivity index (χ0n) is 12.0. The Morgan fingerprint density at radius 2 is 2.21 bits per heavy atom. The van der Waals surface area contributed by atoms with Crippen LogP contribution in [0, 0.1) is 5.92 Å². The number of nitrogens with one attached hydrogen (secondary N) is 1. The van der Waals surface area contributed by atoms with Gasteiger partial charge in [0, 0.05) is 26.3 Å². The minimum absolute atomic E-state index is 0.0688. The Balaban J connectivity index is 2.88. The van der Waals surface area contributed by atoms with Crippen molar-refractivity contribution >= 4 is 23.3 Å². The highest BCUT2D eigenvalue weighted by Gasteiger charge is 2.17. The van der Waals surface area contributed by atoms with Crippen molar-refractivity contribution in [3.05, 3.63) is 22.8 Å². The second-order valence-corrected chi connectivity index (χ2v) is 5.46. The molecule has 0 unspecified atom stereocenters. The lowest BCUT2D eigenvalue weighted by molar-refractivity contribution is 0.0779. The summed E-state index contributed by atoms with van der Waals surface area (Å²) in [6.45, 7) is 7.75. The van der Waals surface area contributed by atoms with Crippen molar-refractivity contribution in [1.82, 2.24) is 9.88 Å². The maximum Gasteiger partial charge on any atom is 0.255 e. The first kappa shape index (κ1) is 15.8. The van der Waals surface area contributed by atoms with Gasteiger partial charge in [0.15, 0.2) is 0 Å². The van der Waals surface area contributed by atoms with Crippen molar-refractivity contribution in [2.45, 2.75) is 27.2 Å². The van der Waals surface area contributed by atoms with E-state index in [2.05, 4.69) is 31.1 Å². The average molecular weight is 284 g/mol. The SMILES string of the molecule is CCCNc1cc(C(=O)N(C)CC(C)C)c(Cl)cn1. The number of aromatic nitrogens is 1. The Kier molecular flexibility index (Phi) is 6.09. The molecule has 0 atom stereocenters. The Labute approximate surface area is 120 Å². The molecular weight excluding hydrogens is 262 g/mol. The van der Waals surface area contributed by atoms with E-state index < -0.39 is 0 Å². The molecule has 0 aliphatic heterocycles. The highest BCUT2D eigenvalue weighted by atomic mass is 35.5. The van der Waals surface area contributed by atoms with Crippen molar-refractivity contribution < 1.29 is 4.79 Å². The van der Waals surface area contributed by atoms with Gasteiger partial charge in [0.1, 0.15) is 5.82 Å². The fraction of sp³-hybridized carbons (Fsp3) is 0.571. The van der Waals surface area contributed by atoms with E-state index in [1.54, 1.807) is 18.0 Å². The predicted octanol–water partition coefficient (Wildman–Crippen LogP) is 3.28. The molecule has 0 aliphatic rings. The molecule has 0 fully saturated rings. The standard InChI is InChI=1S/C14H22ClN3O/c1-5-6-16-13-7-11(12(15)8-17-13)14(19)18(4)9-10(2)3/h7-8,10H,5-6,9H2,1-4H3,(H,16,17). The largest absolute Gasteiger partial charge is 0.370 e. The third-order valence-electron chi connectivity index (χ3n) is 2.63. The van der Waals surface area contributed by atoms with Gasteiger partial charge in [0.25, 0.3) is 5.91 Å². The predicted molar refractivity (Wildman–Crippen MR) is 79.8 cm³/mol. The lowest BCUT2D eigenvalue weighted by atomic mass is 10.2. The van der Waals surface area contributed by atoms with E-state index in [4.69, 9.17) is 11.6 Å². The number of carbonyl (C=O) groups is 1. The summed E-state index contributed by atoms with van der Waals surface area (Å²) in [5.41, 5.74) is 0.499. The van der Waals surface area contributed by atoms with Gasteiger partial charge in [-0.2, -0.15) is 0 Å². The molecular formula is C14H22ClN3O. The van der Waals surface area contributed by atoms with E-state index in [0.717, 1.165) is 13.0 Å². The van der Waals surface area contributed by atoms with Crippen molar-refractivity contribution in [1.29, 1.82) is 0 Å². The molecule has 1 heterocycles.